The van der Waals surface area contributed by atoms with Crippen molar-refractivity contribution >= 4 is 0 Å². The molecule has 0 aromatic carbocycles. The van der Waals surface area contributed by atoms with Gasteiger partial charge in [0.15, 0.2) is 0 Å². The van der Waals surface area contributed by atoms with Crippen molar-refractivity contribution in [3.05, 3.63) is 0 Å². The second-order valence-electron chi connectivity index (χ2n) is 2.14. The Labute approximate surface area is 67.2 Å². The first-order chi connectivity index (χ1) is 5.41. The largest absolute Gasteiger partial charge is 0.394 e. The first-order valence-electron chi connectivity index (χ1n) is 3.89. The van der Waals surface area contributed by atoms with Crippen molar-refractivity contribution in [3.8, 4) is 0 Å². The molecule has 0 fully saturated rings. The predicted octanol–water partition coefficient (Wildman–Crippen LogP) is -0.594. The van der Waals surface area contributed by atoms with Gasteiger partial charge in [-0.1, -0.05) is 0 Å². The Balaban J connectivity index is 2.69. The number of aliphatic hydroxyl groups is 1. The SMILES string of the molecule is [O]CCCNCCOCCO. The topological polar surface area (TPSA) is 61.4 Å². The molecule has 4 nitrogen and oxygen atoms in total. The van der Waals surface area contributed by atoms with Gasteiger partial charge in [0.2, 0.25) is 0 Å². The summed E-state index contributed by atoms with van der Waals surface area (Å²) in [5, 5.41) is 21.3. The fourth-order valence-corrected chi connectivity index (χ4v) is 0.633. The Bertz CT molecular complexity index is 62.7. The maximum Gasteiger partial charge on any atom is 0.0834 e. The number of aliphatic hydroxyl groups excluding tert-OH is 1. The van der Waals surface area contributed by atoms with Crippen molar-refractivity contribution in [2.24, 2.45) is 0 Å². The summed E-state index contributed by atoms with van der Waals surface area (Å²) in [4.78, 5) is 0. The lowest BCUT2D eigenvalue weighted by atomic mass is 10.4. The van der Waals surface area contributed by atoms with E-state index in [1.807, 2.05) is 0 Å². The van der Waals surface area contributed by atoms with Crippen LogP contribution in [0, 0.1) is 0 Å². The second kappa shape index (κ2) is 9.84. The first-order valence-corrected chi connectivity index (χ1v) is 3.89. The lowest BCUT2D eigenvalue weighted by Gasteiger charge is -2.02. The quantitative estimate of drug-likeness (QED) is 0.469. The maximum atomic E-state index is 9.96. The van der Waals surface area contributed by atoms with Crippen LogP contribution in [0.5, 0.6) is 0 Å². The van der Waals surface area contributed by atoms with Crippen LogP contribution in [0.2, 0.25) is 0 Å². The highest BCUT2D eigenvalue weighted by atomic mass is 16.5. The smallest absolute Gasteiger partial charge is 0.0834 e. The molecule has 0 atom stereocenters. The predicted molar refractivity (Wildman–Crippen MR) is 40.9 cm³/mol. The minimum absolute atomic E-state index is 0.0233. The molecular formula is C7H16NO3. The zero-order valence-electron chi connectivity index (χ0n) is 6.71. The Morgan fingerprint density at radius 1 is 1.27 bits per heavy atom. The van der Waals surface area contributed by atoms with Crippen LogP contribution in [0.15, 0.2) is 0 Å². The third-order valence-electron chi connectivity index (χ3n) is 1.16. The van der Waals surface area contributed by atoms with E-state index in [4.69, 9.17) is 9.84 Å². The van der Waals surface area contributed by atoms with E-state index in [0.29, 0.717) is 19.6 Å². The minimum Gasteiger partial charge on any atom is -0.394 e. The molecular weight excluding hydrogens is 146 g/mol. The van der Waals surface area contributed by atoms with E-state index in [1.165, 1.54) is 0 Å². The average molecular weight is 162 g/mol. The zero-order valence-corrected chi connectivity index (χ0v) is 6.71. The van der Waals surface area contributed by atoms with Crippen molar-refractivity contribution in [2.75, 3.05) is 39.5 Å². The van der Waals surface area contributed by atoms with Gasteiger partial charge in [0.05, 0.1) is 26.4 Å². The van der Waals surface area contributed by atoms with Crippen LogP contribution in [-0.2, 0) is 9.84 Å². The first kappa shape index (κ1) is 10.8. The molecule has 0 aliphatic heterocycles. The maximum absolute atomic E-state index is 9.96. The van der Waals surface area contributed by atoms with E-state index >= 15 is 0 Å². The summed E-state index contributed by atoms with van der Waals surface area (Å²) >= 11 is 0. The molecule has 0 bridgehead atoms. The second-order valence-corrected chi connectivity index (χ2v) is 2.14. The van der Waals surface area contributed by atoms with Gasteiger partial charge in [-0.05, 0) is 13.0 Å². The molecule has 67 valence electrons. The Kier molecular flexibility index (Phi) is 9.70. The molecule has 0 aliphatic rings. The number of rotatable bonds is 8. The summed E-state index contributed by atoms with van der Waals surface area (Å²) in [6, 6.07) is 0. The third-order valence-corrected chi connectivity index (χ3v) is 1.16. The van der Waals surface area contributed by atoms with Crippen molar-refractivity contribution < 1.29 is 14.9 Å². The standard InChI is InChI=1S/C7H16NO3/c9-4-1-2-8-3-6-11-7-5-10/h8,10H,1-7H2. The molecule has 0 spiro atoms. The summed E-state index contributed by atoms with van der Waals surface area (Å²) in [7, 11) is 0. The van der Waals surface area contributed by atoms with E-state index in [2.05, 4.69) is 5.32 Å². The van der Waals surface area contributed by atoms with E-state index in [1.54, 1.807) is 0 Å². The molecule has 0 amide bonds. The molecule has 2 N–H and O–H groups in total. The van der Waals surface area contributed by atoms with E-state index in [-0.39, 0.29) is 13.2 Å². The molecule has 0 aromatic rings. The van der Waals surface area contributed by atoms with Crippen molar-refractivity contribution in [1.82, 2.24) is 5.32 Å². The summed E-state index contributed by atoms with van der Waals surface area (Å²) < 4.78 is 4.97. The Morgan fingerprint density at radius 2 is 2.09 bits per heavy atom. The van der Waals surface area contributed by atoms with Crippen LogP contribution in [0.25, 0.3) is 0 Å². The molecule has 0 aromatic heterocycles. The molecule has 0 heterocycles. The van der Waals surface area contributed by atoms with Gasteiger partial charge >= 0.3 is 0 Å². The minimum atomic E-state index is -0.0233. The average Bonchev–Trinajstić information content (AvgIpc) is 2.03. The van der Waals surface area contributed by atoms with Crippen LogP contribution in [0.4, 0.5) is 0 Å². The van der Waals surface area contributed by atoms with Crippen LogP contribution in [-0.4, -0.2) is 44.6 Å². The van der Waals surface area contributed by atoms with Crippen LogP contribution < -0.4 is 5.32 Å². The van der Waals surface area contributed by atoms with E-state index < -0.39 is 0 Å². The van der Waals surface area contributed by atoms with Crippen molar-refractivity contribution in [2.45, 2.75) is 6.42 Å². The highest BCUT2D eigenvalue weighted by Crippen LogP contribution is 1.74. The van der Waals surface area contributed by atoms with Gasteiger partial charge in [-0.15, -0.1) is 0 Å². The zero-order chi connectivity index (χ0) is 8.36. The summed E-state index contributed by atoms with van der Waals surface area (Å²) in [5.41, 5.74) is 0. The van der Waals surface area contributed by atoms with Gasteiger partial charge in [-0.3, -0.25) is 0 Å². The highest BCUT2D eigenvalue weighted by molar-refractivity contribution is 4.44. The number of nitrogens with one attached hydrogen (secondary N) is 1. The van der Waals surface area contributed by atoms with E-state index in [0.717, 1.165) is 13.1 Å². The normalized spacial score (nSPS) is 10.4. The third kappa shape index (κ3) is 9.84. The van der Waals surface area contributed by atoms with Gasteiger partial charge in [-0.25, -0.2) is 5.11 Å². The lowest BCUT2D eigenvalue weighted by Crippen LogP contribution is -2.21. The van der Waals surface area contributed by atoms with Gasteiger partial charge in [0.1, 0.15) is 0 Å². The molecule has 0 saturated carbocycles. The molecule has 0 unspecified atom stereocenters. The van der Waals surface area contributed by atoms with E-state index in [9.17, 15) is 5.11 Å². The fraction of sp³-hybridized carbons (Fsp3) is 1.00. The molecule has 1 radical (unpaired) electrons. The van der Waals surface area contributed by atoms with Crippen LogP contribution in [0.3, 0.4) is 0 Å². The van der Waals surface area contributed by atoms with Gasteiger partial charge in [0.25, 0.3) is 0 Å². The summed E-state index contributed by atoms with van der Waals surface area (Å²) in [6.45, 7) is 2.54. The van der Waals surface area contributed by atoms with Crippen LogP contribution >= 0.6 is 0 Å². The molecule has 4 heteroatoms. The number of ether oxygens (including phenoxy) is 1. The number of hydrogen-bond acceptors (Lipinski definition) is 3. The molecule has 11 heavy (non-hydrogen) atoms. The van der Waals surface area contributed by atoms with Gasteiger partial charge in [0, 0.05) is 6.54 Å². The van der Waals surface area contributed by atoms with Gasteiger partial charge < -0.3 is 15.2 Å². The fourth-order valence-electron chi connectivity index (χ4n) is 0.633. The van der Waals surface area contributed by atoms with Crippen molar-refractivity contribution in [1.29, 1.82) is 0 Å². The monoisotopic (exact) mass is 162 g/mol. The summed E-state index contributed by atoms with van der Waals surface area (Å²) in [5.74, 6) is 0. The summed E-state index contributed by atoms with van der Waals surface area (Å²) in [6.07, 6.45) is 0.667. The number of hydrogen-bond donors (Lipinski definition) is 2. The Hall–Kier alpha value is -0.160. The highest BCUT2D eigenvalue weighted by Gasteiger charge is 1.87. The van der Waals surface area contributed by atoms with Crippen molar-refractivity contribution in [3.63, 3.8) is 0 Å². The molecule has 0 aliphatic carbocycles. The Morgan fingerprint density at radius 3 is 2.73 bits per heavy atom. The molecule has 0 rings (SSSR count). The van der Waals surface area contributed by atoms with Crippen LogP contribution in [0.1, 0.15) is 6.42 Å². The lowest BCUT2D eigenvalue weighted by molar-refractivity contribution is 0.0935. The van der Waals surface area contributed by atoms with Gasteiger partial charge in [-0.2, -0.15) is 0 Å². The molecule has 0 saturated heterocycles.